The van der Waals surface area contributed by atoms with Crippen LogP contribution in [0.4, 0.5) is 0 Å². The van der Waals surface area contributed by atoms with Crippen molar-refractivity contribution >= 4 is 0 Å². The van der Waals surface area contributed by atoms with E-state index in [0.717, 1.165) is 30.2 Å². The van der Waals surface area contributed by atoms with Gasteiger partial charge in [0, 0.05) is 5.56 Å². The lowest BCUT2D eigenvalue weighted by atomic mass is 10.0. The monoisotopic (exact) mass is 438 g/mol. The average molecular weight is 439 g/mol. The average Bonchev–Trinajstić information content (AvgIpc) is 2.83. The summed E-state index contributed by atoms with van der Waals surface area (Å²) in [5, 5.41) is 0. The lowest BCUT2D eigenvalue weighted by molar-refractivity contribution is 0.302. The third-order valence-electron chi connectivity index (χ3n) is 6.18. The first-order valence-corrected chi connectivity index (χ1v) is 13.4. The summed E-state index contributed by atoms with van der Waals surface area (Å²) in [6.07, 6.45) is 24.8. The molecule has 2 rings (SSSR count). The van der Waals surface area contributed by atoms with Crippen molar-refractivity contribution in [1.82, 2.24) is 9.97 Å². The lowest BCUT2D eigenvalue weighted by Crippen LogP contribution is -1.99. The summed E-state index contributed by atoms with van der Waals surface area (Å²) in [5.41, 5.74) is 2.48. The van der Waals surface area contributed by atoms with Gasteiger partial charge in [-0.05, 0) is 24.8 Å². The number of aryl methyl sites for hydroxylation is 1. The normalized spacial score (nSPS) is 11.1. The van der Waals surface area contributed by atoms with Gasteiger partial charge in [0.25, 0.3) is 0 Å². The quantitative estimate of drug-likeness (QED) is 0.205. The van der Waals surface area contributed by atoms with Gasteiger partial charge in [-0.3, -0.25) is 0 Å². The van der Waals surface area contributed by atoms with Gasteiger partial charge in [-0.25, -0.2) is 9.97 Å². The van der Waals surface area contributed by atoms with Crippen molar-refractivity contribution in [2.24, 2.45) is 0 Å². The Morgan fingerprint density at radius 3 is 1.66 bits per heavy atom. The van der Waals surface area contributed by atoms with Crippen molar-refractivity contribution in [3.63, 3.8) is 0 Å². The first kappa shape index (κ1) is 26.4. The molecule has 1 aromatic carbocycles. The highest BCUT2D eigenvalue weighted by molar-refractivity contribution is 5.55. The third kappa shape index (κ3) is 11.6. The standard InChI is InChI=1S/C29H46N2O/c1-3-5-7-9-11-12-13-15-17-23-32-28-24-30-29(31-25-28)27-21-19-26(20-22-27)18-16-14-10-8-6-4-2/h19-22,24-25H,3-18,23H2,1-2H3. The van der Waals surface area contributed by atoms with E-state index >= 15 is 0 Å². The Morgan fingerprint density at radius 1 is 0.594 bits per heavy atom. The molecule has 1 heterocycles. The first-order chi connectivity index (χ1) is 15.8. The molecule has 3 nitrogen and oxygen atoms in total. The van der Waals surface area contributed by atoms with Crippen LogP contribution < -0.4 is 4.74 Å². The summed E-state index contributed by atoms with van der Waals surface area (Å²) < 4.78 is 5.83. The minimum atomic E-state index is 0.756. The van der Waals surface area contributed by atoms with Gasteiger partial charge in [-0.2, -0.15) is 0 Å². The molecule has 0 radical (unpaired) electrons. The van der Waals surface area contributed by atoms with E-state index in [4.69, 9.17) is 4.74 Å². The van der Waals surface area contributed by atoms with Gasteiger partial charge in [0.15, 0.2) is 11.6 Å². The van der Waals surface area contributed by atoms with Crippen LogP contribution in [0.1, 0.15) is 116 Å². The van der Waals surface area contributed by atoms with Crippen LogP contribution in [-0.2, 0) is 6.42 Å². The minimum absolute atomic E-state index is 0.756. The molecule has 3 heteroatoms. The van der Waals surface area contributed by atoms with E-state index in [-0.39, 0.29) is 0 Å². The van der Waals surface area contributed by atoms with Gasteiger partial charge in [0.2, 0.25) is 0 Å². The van der Waals surface area contributed by atoms with E-state index in [1.165, 1.54) is 102 Å². The van der Waals surface area contributed by atoms with Crippen LogP contribution in [0.25, 0.3) is 11.4 Å². The Labute approximate surface area is 197 Å². The van der Waals surface area contributed by atoms with Crippen LogP contribution in [0.15, 0.2) is 36.7 Å². The minimum Gasteiger partial charge on any atom is -0.490 e. The fraction of sp³-hybridized carbons (Fsp3) is 0.655. The van der Waals surface area contributed by atoms with E-state index < -0.39 is 0 Å². The maximum absolute atomic E-state index is 5.83. The number of hydrogen-bond acceptors (Lipinski definition) is 3. The second kappa shape index (κ2) is 17.6. The molecule has 0 aliphatic carbocycles. The molecular formula is C29H46N2O. The van der Waals surface area contributed by atoms with Crippen molar-refractivity contribution in [2.75, 3.05) is 6.61 Å². The molecule has 0 N–H and O–H groups in total. The molecule has 0 spiro atoms. The van der Waals surface area contributed by atoms with E-state index in [1.807, 2.05) is 0 Å². The van der Waals surface area contributed by atoms with Gasteiger partial charge in [-0.15, -0.1) is 0 Å². The van der Waals surface area contributed by atoms with Crippen molar-refractivity contribution < 1.29 is 4.74 Å². The molecule has 0 saturated carbocycles. The zero-order valence-corrected chi connectivity index (χ0v) is 20.8. The predicted molar refractivity (Wildman–Crippen MR) is 137 cm³/mol. The zero-order chi connectivity index (χ0) is 22.7. The Balaban J connectivity index is 1.59. The number of nitrogens with zero attached hydrogens (tertiary/aromatic N) is 2. The molecule has 178 valence electrons. The zero-order valence-electron chi connectivity index (χ0n) is 20.8. The number of benzene rings is 1. The number of aromatic nitrogens is 2. The molecule has 2 aromatic rings. The van der Waals surface area contributed by atoms with Crippen molar-refractivity contribution in [3.05, 3.63) is 42.2 Å². The summed E-state index contributed by atoms with van der Waals surface area (Å²) in [6.45, 7) is 5.30. The van der Waals surface area contributed by atoms with Gasteiger partial charge in [0.1, 0.15) is 0 Å². The predicted octanol–water partition coefficient (Wildman–Crippen LogP) is 8.96. The highest BCUT2D eigenvalue weighted by atomic mass is 16.5. The number of unbranched alkanes of at least 4 members (excludes halogenated alkanes) is 13. The molecule has 0 fully saturated rings. The largest absolute Gasteiger partial charge is 0.490 e. The molecule has 0 atom stereocenters. The second-order valence-electron chi connectivity index (χ2n) is 9.13. The fourth-order valence-electron chi connectivity index (χ4n) is 4.07. The summed E-state index contributed by atoms with van der Waals surface area (Å²) in [6, 6.07) is 8.73. The number of hydrogen-bond donors (Lipinski definition) is 0. The SMILES string of the molecule is CCCCCCCCCCCOc1cnc(-c2ccc(CCCCCCCC)cc2)nc1. The highest BCUT2D eigenvalue weighted by Gasteiger charge is 2.03. The Bertz CT molecular complexity index is 681. The van der Waals surface area contributed by atoms with E-state index in [1.54, 1.807) is 12.4 Å². The molecule has 0 unspecified atom stereocenters. The van der Waals surface area contributed by atoms with Gasteiger partial charge in [0.05, 0.1) is 19.0 Å². The molecule has 0 saturated heterocycles. The Hall–Kier alpha value is -1.90. The maximum Gasteiger partial charge on any atom is 0.159 e. The van der Waals surface area contributed by atoms with Crippen LogP contribution >= 0.6 is 0 Å². The summed E-state index contributed by atoms with van der Waals surface area (Å²) >= 11 is 0. The molecule has 0 bridgehead atoms. The summed E-state index contributed by atoms with van der Waals surface area (Å²) in [4.78, 5) is 9.02. The van der Waals surface area contributed by atoms with Crippen LogP contribution in [0.3, 0.4) is 0 Å². The number of ether oxygens (including phenoxy) is 1. The number of rotatable bonds is 19. The molecule has 0 amide bonds. The molecule has 0 aliphatic rings. The van der Waals surface area contributed by atoms with Crippen molar-refractivity contribution in [1.29, 1.82) is 0 Å². The smallest absolute Gasteiger partial charge is 0.159 e. The van der Waals surface area contributed by atoms with Crippen molar-refractivity contribution in [3.8, 4) is 17.1 Å². The summed E-state index contributed by atoms with van der Waals surface area (Å²) in [5.74, 6) is 1.54. The van der Waals surface area contributed by atoms with Crippen LogP contribution in [0, 0.1) is 0 Å². The second-order valence-corrected chi connectivity index (χ2v) is 9.13. The molecular weight excluding hydrogens is 392 g/mol. The van der Waals surface area contributed by atoms with E-state index in [9.17, 15) is 0 Å². The summed E-state index contributed by atoms with van der Waals surface area (Å²) in [7, 11) is 0. The molecule has 1 aromatic heterocycles. The van der Waals surface area contributed by atoms with Gasteiger partial charge < -0.3 is 4.74 Å². The third-order valence-corrected chi connectivity index (χ3v) is 6.18. The van der Waals surface area contributed by atoms with Gasteiger partial charge >= 0.3 is 0 Å². The fourth-order valence-corrected chi connectivity index (χ4v) is 4.07. The Morgan fingerprint density at radius 2 is 1.09 bits per heavy atom. The lowest BCUT2D eigenvalue weighted by Gasteiger charge is -2.07. The highest BCUT2D eigenvalue weighted by Crippen LogP contribution is 2.19. The molecule has 0 aliphatic heterocycles. The maximum atomic E-state index is 5.83. The van der Waals surface area contributed by atoms with Crippen LogP contribution in [0.2, 0.25) is 0 Å². The van der Waals surface area contributed by atoms with Crippen LogP contribution in [-0.4, -0.2) is 16.6 Å². The Kier molecular flexibility index (Phi) is 14.5. The van der Waals surface area contributed by atoms with Crippen LogP contribution in [0.5, 0.6) is 5.75 Å². The van der Waals surface area contributed by atoms with E-state index in [0.29, 0.717) is 0 Å². The topological polar surface area (TPSA) is 35.0 Å². The molecule has 32 heavy (non-hydrogen) atoms. The first-order valence-electron chi connectivity index (χ1n) is 13.4. The van der Waals surface area contributed by atoms with Gasteiger partial charge in [-0.1, -0.05) is 122 Å². The van der Waals surface area contributed by atoms with E-state index in [2.05, 4.69) is 48.1 Å². The van der Waals surface area contributed by atoms with Crippen molar-refractivity contribution in [2.45, 2.75) is 117 Å².